The molecule has 5 heterocycles. The van der Waals surface area contributed by atoms with Crippen molar-refractivity contribution in [3.8, 4) is 5.75 Å². The van der Waals surface area contributed by atoms with Crippen LogP contribution in [0.4, 0.5) is 18.9 Å². The third-order valence-electron chi connectivity index (χ3n) is 10.9. The number of hydrogen-bond donors (Lipinski definition) is 2. The van der Waals surface area contributed by atoms with Gasteiger partial charge in [0.05, 0.1) is 22.7 Å². The molecule has 49 heavy (non-hydrogen) atoms. The molecule has 258 valence electrons. The molecular weight excluding hydrogens is 663 g/mol. The number of hydrogen-bond acceptors (Lipinski definition) is 11. The number of nitrogens with one attached hydrogen (secondary N) is 1. The number of anilines is 1. The highest BCUT2D eigenvalue weighted by Gasteiger charge is 2.64. The second-order valence-electron chi connectivity index (χ2n) is 13.7. The quantitative estimate of drug-likeness (QED) is 0.306. The second-order valence-corrected chi connectivity index (χ2v) is 14.9. The molecule has 2 bridgehead atoms. The van der Waals surface area contributed by atoms with Gasteiger partial charge in [0, 0.05) is 30.4 Å². The molecule has 17 heteroatoms. The minimum atomic E-state index is -4.30. The molecule has 0 spiro atoms. The molecule has 5 aliphatic rings. The monoisotopic (exact) mass is 697 g/mol. The summed E-state index contributed by atoms with van der Waals surface area (Å²) in [6, 6.07) is -0.473. The summed E-state index contributed by atoms with van der Waals surface area (Å²) in [4.78, 5) is 67.7. The molecule has 0 aromatic carbocycles. The lowest BCUT2D eigenvalue weighted by atomic mass is 9.76. The van der Waals surface area contributed by atoms with Crippen molar-refractivity contribution in [1.82, 2.24) is 39.7 Å². The van der Waals surface area contributed by atoms with Crippen LogP contribution < -0.4 is 15.6 Å². The van der Waals surface area contributed by atoms with Crippen LogP contribution in [-0.4, -0.2) is 88.2 Å². The van der Waals surface area contributed by atoms with Crippen molar-refractivity contribution < 1.29 is 27.9 Å². The predicted molar refractivity (Wildman–Crippen MR) is 172 cm³/mol. The van der Waals surface area contributed by atoms with Crippen LogP contribution in [0.25, 0.3) is 21.6 Å². The van der Waals surface area contributed by atoms with Crippen LogP contribution in [0.2, 0.25) is 0 Å². The fourth-order valence-electron chi connectivity index (χ4n) is 8.55. The largest absolute Gasteiger partial charge is 0.504 e. The highest BCUT2D eigenvalue weighted by molar-refractivity contribution is 7.18. The van der Waals surface area contributed by atoms with Crippen molar-refractivity contribution in [2.24, 2.45) is 11.8 Å². The Morgan fingerprint density at radius 3 is 2.51 bits per heavy atom. The van der Waals surface area contributed by atoms with Gasteiger partial charge in [-0.3, -0.25) is 14.4 Å². The molecular formula is C32H34F3N9O4S. The second kappa shape index (κ2) is 11.1. The summed E-state index contributed by atoms with van der Waals surface area (Å²) in [6.45, 7) is 5.57. The molecule has 4 aromatic heterocycles. The zero-order valence-corrected chi connectivity index (χ0v) is 27.9. The third kappa shape index (κ3) is 4.94. The van der Waals surface area contributed by atoms with Crippen LogP contribution in [0, 0.1) is 25.7 Å². The van der Waals surface area contributed by atoms with Gasteiger partial charge in [0.1, 0.15) is 18.6 Å². The Hall–Kier alpha value is -4.41. The number of amides is 2. The van der Waals surface area contributed by atoms with E-state index in [1.54, 1.807) is 16.4 Å². The van der Waals surface area contributed by atoms with E-state index in [1.807, 2.05) is 18.7 Å². The topological polar surface area (TPSA) is 159 Å². The van der Waals surface area contributed by atoms with Gasteiger partial charge >= 0.3 is 6.18 Å². The first-order valence-electron chi connectivity index (χ1n) is 16.4. The number of aromatic nitrogens is 6. The number of piperazine rings is 1. The summed E-state index contributed by atoms with van der Waals surface area (Å²) >= 11 is 1.31. The maximum Gasteiger partial charge on any atom is 0.392 e. The Bertz CT molecular complexity index is 2110. The lowest BCUT2D eigenvalue weighted by Gasteiger charge is -2.54. The number of thiazole rings is 1. The number of carbonyl (C=O) groups is 2. The van der Waals surface area contributed by atoms with E-state index in [1.165, 1.54) is 17.7 Å². The van der Waals surface area contributed by atoms with Gasteiger partial charge in [-0.05, 0) is 58.3 Å². The smallest absolute Gasteiger partial charge is 0.392 e. The van der Waals surface area contributed by atoms with Gasteiger partial charge in [-0.2, -0.15) is 13.2 Å². The Labute approximate surface area is 281 Å². The van der Waals surface area contributed by atoms with E-state index >= 15 is 0 Å². The van der Waals surface area contributed by atoms with E-state index in [0.29, 0.717) is 71.2 Å². The Kier molecular flexibility index (Phi) is 7.18. The Balaban J connectivity index is 1.17. The molecule has 9 rings (SSSR count). The molecule has 5 fully saturated rings. The molecule has 4 aliphatic carbocycles. The van der Waals surface area contributed by atoms with E-state index < -0.39 is 35.4 Å². The third-order valence-corrected chi connectivity index (χ3v) is 11.8. The summed E-state index contributed by atoms with van der Waals surface area (Å²) in [5.74, 6) is -3.03. The SMILES string of the molecule is CCc1c(N2CCN(C(=O)c3ncnc(C)c3O)[C@@H]3CC[C@H]32)c(=O)c2nc3nc(C)sc3nc2n1CC(=O)NC12CC(C1)C(C(F)(F)F)C2. The number of nitrogens with zero attached hydrogens (tertiary/aromatic N) is 8. The van der Waals surface area contributed by atoms with Crippen molar-refractivity contribution in [2.45, 2.75) is 89.6 Å². The van der Waals surface area contributed by atoms with Crippen molar-refractivity contribution in [3.63, 3.8) is 0 Å². The van der Waals surface area contributed by atoms with E-state index in [9.17, 15) is 32.7 Å². The van der Waals surface area contributed by atoms with Gasteiger partial charge in [-0.15, -0.1) is 0 Å². The number of rotatable bonds is 6. The van der Waals surface area contributed by atoms with Crippen LogP contribution in [-0.2, 0) is 17.8 Å². The normalized spacial score (nSPS) is 26.1. The molecule has 13 nitrogen and oxygen atoms in total. The number of halogens is 3. The first kappa shape index (κ1) is 31.8. The molecule has 4 aromatic rings. The lowest BCUT2D eigenvalue weighted by molar-refractivity contribution is -0.180. The number of alkyl halides is 3. The molecule has 0 radical (unpaired) electrons. The van der Waals surface area contributed by atoms with Gasteiger partial charge in [-0.1, -0.05) is 18.3 Å². The maximum absolute atomic E-state index is 14.4. The van der Waals surface area contributed by atoms with Crippen LogP contribution in [0.1, 0.15) is 65.9 Å². The van der Waals surface area contributed by atoms with Crippen LogP contribution in [0.5, 0.6) is 5.75 Å². The molecule has 2 amide bonds. The standard InChI is InChI=1S/C32H34F3N9O4S/c1-4-18-24(42-7-8-43(20-6-5-19(20)42)30(48)23-25(46)14(2)36-13-37-23)26(47)22-28(40-29-27(39-22)38-15(3)49-29)44(18)12-21(45)41-31-9-16(10-31)17(11-31)32(33,34)35/h13,16-17,19-20,46H,4-12H2,1-3H3,(H,41,45)/t16?,17?,19-,20-,31?/m1/s1. The van der Waals surface area contributed by atoms with E-state index in [4.69, 9.17) is 4.98 Å². The summed E-state index contributed by atoms with van der Waals surface area (Å²) < 4.78 is 42.5. The average Bonchev–Trinajstić information content (AvgIpc) is 3.69. The number of aromatic hydroxyl groups is 1. The molecule has 3 atom stereocenters. The van der Waals surface area contributed by atoms with Crippen LogP contribution >= 0.6 is 11.3 Å². The first-order valence-corrected chi connectivity index (χ1v) is 17.3. The van der Waals surface area contributed by atoms with Crippen molar-refractivity contribution in [2.75, 3.05) is 18.0 Å². The number of pyridine rings is 1. The van der Waals surface area contributed by atoms with Gasteiger partial charge in [0.2, 0.25) is 11.3 Å². The molecule has 1 saturated heterocycles. The summed E-state index contributed by atoms with van der Waals surface area (Å²) in [5.41, 5.74) is 0.484. The minimum absolute atomic E-state index is 0.0495. The average molecular weight is 698 g/mol. The number of fused-ring (bicyclic) bond motifs is 4. The van der Waals surface area contributed by atoms with Crippen LogP contribution in [0.15, 0.2) is 11.1 Å². The van der Waals surface area contributed by atoms with E-state index in [0.717, 1.165) is 0 Å². The summed E-state index contributed by atoms with van der Waals surface area (Å²) in [6.07, 6.45) is -0.884. The highest BCUT2D eigenvalue weighted by atomic mass is 32.1. The van der Waals surface area contributed by atoms with Crippen molar-refractivity contribution >= 4 is 50.5 Å². The molecule has 2 N–H and O–H groups in total. The van der Waals surface area contributed by atoms with Gasteiger partial charge in [0.15, 0.2) is 33.1 Å². The van der Waals surface area contributed by atoms with Crippen LogP contribution in [0.3, 0.4) is 0 Å². The van der Waals surface area contributed by atoms with Crippen molar-refractivity contribution in [3.05, 3.63) is 38.6 Å². The predicted octanol–water partition coefficient (Wildman–Crippen LogP) is 3.42. The van der Waals surface area contributed by atoms with Gasteiger partial charge < -0.3 is 24.8 Å². The minimum Gasteiger partial charge on any atom is -0.504 e. The zero-order chi connectivity index (χ0) is 34.6. The van der Waals surface area contributed by atoms with Gasteiger partial charge in [-0.25, -0.2) is 24.9 Å². The number of aryl methyl sites for hydroxylation is 2. The number of carbonyl (C=O) groups excluding carboxylic acids is 2. The maximum atomic E-state index is 14.4. The van der Waals surface area contributed by atoms with Crippen molar-refractivity contribution in [1.29, 1.82) is 0 Å². The Morgan fingerprint density at radius 2 is 1.84 bits per heavy atom. The zero-order valence-electron chi connectivity index (χ0n) is 27.0. The first-order chi connectivity index (χ1) is 23.3. The highest BCUT2D eigenvalue weighted by Crippen LogP contribution is 2.60. The lowest BCUT2D eigenvalue weighted by Crippen LogP contribution is -2.67. The fourth-order valence-corrected chi connectivity index (χ4v) is 9.27. The Morgan fingerprint density at radius 1 is 1.08 bits per heavy atom. The van der Waals surface area contributed by atoms with Gasteiger partial charge in [0.25, 0.3) is 5.91 Å². The summed E-state index contributed by atoms with van der Waals surface area (Å²) in [7, 11) is 0. The molecule has 1 aliphatic heterocycles. The summed E-state index contributed by atoms with van der Waals surface area (Å²) in [5, 5.41) is 14.1. The van der Waals surface area contributed by atoms with E-state index in [-0.39, 0.29) is 59.6 Å². The molecule has 1 unspecified atom stereocenters. The fraction of sp³-hybridized carbons (Fsp3) is 0.562. The van der Waals surface area contributed by atoms with E-state index in [2.05, 4.69) is 25.3 Å². The molecule has 4 saturated carbocycles.